The number of hydrogen-bond donors (Lipinski definition) is 2. The number of hydrogen-bond acceptors (Lipinski definition) is 4. The lowest BCUT2D eigenvalue weighted by Crippen LogP contribution is -2.26. The summed E-state index contributed by atoms with van der Waals surface area (Å²) >= 11 is 0. The number of halogens is 3. The number of aliphatic hydroxyl groups is 1. The van der Waals surface area contributed by atoms with Crippen molar-refractivity contribution >= 4 is 11.6 Å². The van der Waals surface area contributed by atoms with Crippen molar-refractivity contribution in [3.05, 3.63) is 77.5 Å². The maximum Gasteiger partial charge on any atom is 0.274 e. The van der Waals surface area contributed by atoms with Gasteiger partial charge in [-0.1, -0.05) is 13.0 Å². The predicted octanol–water partition coefficient (Wildman–Crippen LogP) is 5.08. The van der Waals surface area contributed by atoms with Crippen LogP contribution >= 0.6 is 0 Å². The standard InChI is InChI=1S/C24H22F3N3O2/c1-13-11-14(5-8-21(13)31)15-9-10-28-12-20(15)30-24(32)19-7-6-18(27)23(29-19)22-16(25)3-2-4-17(22)26/h2-4,6-7,9-10,12-14,21,31H,5,8,11H2,1H3,(H,30,32)/t13-,14-,21?/m0/s1. The molecule has 166 valence electrons. The largest absolute Gasteiger partial charge is 0.393 e. The summed E-state index contributed by atoms with van der Waals surface area (Å²) in [5.74, 6) is -3.28. The van der Waals surface area contributed by atoms with Gasteiger partial charge >= 0.3 is 0 Å². The van der Waals surface area contributed by atoms with E-state index in [2.05, 4.69) is 15.3 Å². The highest BCUT2D eigenvalue weighted by atomic mass is 19.1. The normalized spacial score (nSPS) is 20.7. The first kappa shape index (κ1) is 22.0. The molecule has 5 nitrogen and oxygen atoms in total. The third-order valence-electron chi connectivity index (χ3n) is 5.95. The third-order valence-corrected chi connectivity index (χ3v) is 5.95. The highest BCUT2D eigenvalue weighted by Gasteiger charge is 2.29. The first-order valence-electron chi connectivity index (χ1n) is 10.4. The SMILES string of the molecule is C[C@H]1C[C@@H](c2ccncc2NC(=O)c2ccc(F)c(-c3c(F)cccc3F)n2)CCC1O. The van der Waals surface area contributed by atoms with E-state index in [1.165, 1.54) is 6.20 Å². The Morgan fingerprint density at radius 1 is 1.06 bits per heavy atom. The van der Waals surface area contributed by atoms with Gasteiger partial charge in [0.05, 0.1) is 23.6 Å². The molecule has 2 aromatic heterocycles. The minimum absolute atomic E-state index is 0.127. The molecule has 1 fully saturated rings. The van der Waals surface area contributed by atoms with Crippen molar-refractivity contribution in [3.8, 4) is 11.3 Å². The van der Waals surface area contributed by atoms with Crippen molar-refractivity contribution in [2.24, 2.45) is 5.92 Å². The van der Waals surface area contributed by atoms with E-state index < -0.39 is 34.6 Å². The van der Waals surface area contributed by atoms with E-state index in [1.54, 1.807) is 6.20 Å². The van der Waals surface area contributed by atoms with Crippen molar-refractivity contribution in [1.29, 1.82) is 0 Å². The number of nitrogens with zero attached hydrogens (tertiary/aromatic N) is 2. The van der Waals surface area contributed by atoms with Gasteiger partial charge in [0.2, 0.25) is 0 Å². The zero-order valence-electron chi connectivity index (χ0n) is 17.4. The lowest BCUT2D eigenvalue weighted by molar-refractivity contribution is 0.0712. The van der Waals surface area contributed by atoms with Crippen molar-refractivity contribution in [2.45, 2.75) is 38.2 Å². The molecule has 0 radical (unpaired) electrons. The van der Waals surface area contributed by atoms with Gasteiger partial charge in [0, 0.05) is 6.20 Å². The van der Waals surface area contributed by atoms with E-state index in [1.807, 2.05) is 13.0 Å². The molecule has 1 aromatic carbocycles. The van der Waals surface area contributed by atoms with Gasteiger partial charge in [-0.25, -0.2) is 18.2 Å². The topological polar surface area (TPSA) is 75.1 Å². The van der Waals surface area contributed by atoms with Crippen LogP contribution in [-0.4, -0.2) is 27.1 Å². The van der Waals surface area contributed by atoms with Crippen molar-refractivity contribution < 1.29 is 23.1 Å². The van der Waals surface area contributed by atoms with Gasteiger partial charge in [0.1, 0.15) is 28.8 Å². The molecule has 0 bridgehead atoms. The monoisotopic (exact) mass is 441 g/mol. The summed E-state index contributed by atoms with van der Waals surface area (Å²) < 4.78 is 42.6. The average molecular weight is 441 g/mol. The number of anilines is 1. The summed E-state index contributed by atoms with van der Waals surface area (Å²) in [6.45, 7) is 1.99. The van der Waals surface area contributed by atoms with Crippen molar-refractivity contribution in [1.82, 2.24) is 9.97 Å². The second kappa shape index (κ2) is 9.08. The lowest BCUT2D eigenvalue weighted by atomic mass is 9.77. The molecule has 3 atom stereocenters. The molecule has 3 aromatic rings. The van der Waals surface area contributed by atoms with Gasteiger partial charge in [0.15, 0.2) is 0 Å². The molecule has 4 rings (SSSR count). The zero-order valence-corrected chi connectivity index (χ0v) is 17.4. The van der Waals surface area contributed by atoms with Crippen LogP contribution in [-0.2, 0) is 0 Å². The van der Waals surface area contributed by atoms with Gasteiger partial charge in [-0.15, -0.1) is 0 Å². The summed E-state index contributed by atoms with van der Waals surface area (Å²) in [4.78, 5) is 20.9. The number of rotatable bonds is 4. The van der Waals surface area contributed by atoms with E-state index in [9.17, 15) is 23.1 Å². The van der Waals surface area contributed by atoms with E-state index in [0.29, 0.717) is 12.1 Å². The predicted molar refractivity (Wildman–Crippen MR) is 114 cm³/mol. The molecule has 2 N–H and O–H groups in total. The van der Waals surface area contributed by atoms with Crippen LogP contribution in [0.1, 0.15) is 48.2 Å². The highest BCUT2D eigenvalue weighted by molar-refractivity contribution is 6.03. The van der Waals surface area contributed by atoms with Crippen LogP contribution in [0.2, 0.25) is 0 Å². The maximum atomic E-state index is 14.3. The van der Waals surface area contributed by atoms with Crippen molar-refractivity contribution in [2.75, 3.05) is 5.32 Å². The fourth-order valence-electron chi connectivity index (χ4n) is 4.18. The third kappa shape index (κ3) is 4.36. The first-order chi connectivity index (χ1) is 15.3. The summed E-state index contributed by atoms with van der Waals surface area (Å²) in [6.07, 6.45) is 5.01. The Kier molecular flexibility index (Phi) is 6.23. The zero-order chi connectivity index (χ0) is 22.8. The number of benzene rings is 1. The Morgan fingerprint density at radius 3 is 2.53 bits per heavy atom. The van der Waals surface area contributed by atoms with Crippen LogP contribution in [0.3, 0.4) is 0 Å². The van der Waals surface area contributed by atoms with Gasteiger partial charge in [-0.3, -0.25) is 9.78 Å². The molecular weight excluding hydrogens is 419 g/mol. The molecule has 8 heteroatoms. The van der Waals surface area contributed by atoms with Crippen LogP contribution in [0.15, 0.2) is 48.8 Å². The Morgan fingerprint density at radius 2 is 1.81 bits per heavy atom. The molecule has 32 heavy (non-hydrogen) atoms. The highest BCUT2D eigenvalue weighted by Crippen LogP contribution is 2.39. The number of nitrogens with one attached hydrogen (secondary N) is 1. The Balaban J connectivity index is 1.62. The quantitative estimate of drug-likeness (QED) is 0.592. The molecule has 0 spiro atoms. The molecular formula is C24H22F3N3O2. The molecule has 1 amide bonds. The molecule has 0 saturated heterocycles. The van der Waals surface area contributed by atoms with E-state index >= 15 is 0 Å². The fraction of sp³-hybridized carbons (Fsp3) is 0.292. The number of carbonyl (C=O) groups excluding carboxylic acids is 1. The van der Waals surface area contributed by atoms with Gasteiger partial charge < -0.3 is 10.4 Å². The van der Waals surface area contributed by atoms with Crippen LogP contribution in [0.5, 0.6) is 0 Å². The number of pyridine rings is 2. The van der Waals surface area contributed by atoms with Crippen LogP contribution < -0.4 is 5.32 Å². The number of aliphatic hydroxyl groups excluding tert-OH is 1. The first-order valence-corrected chi connectivity index (χ1v) is 10.4. The van der Waals surface area contributed by atoms with Crippen LogP contribution in [0, 0.1) is 23.4 Å². The summed E-state index contributed by atoms with van der Waals surface area (Å²) in [5, 5.41) is 12.8. The Labute approximate surface area is 183 Å². The summed E-state index contributed by atoms with van der Waals surface area (Å²) in [5.41, 5.74) is -0.0251. The second-order valence-electron chi connectivity index (χ2n) is 8.10. The average Bonchev–Trinajstić information content (AvgIpc) is 2.77. The molecule has 2 heterocycles. The second-order valence-corrected chi connectivity index (χ2v) is 8.10. The van der Waals surface area contributed by atoms with E-state index in [-0.39, 0.29) is 23.6 Å². The molecule has 0 aliphatic heterocycles. The minimum atomic E-state index is -0.975. The van der Waals surface area contributed by atoms with Crippen LogP contribution in [0.25, 0.3) is 11.3 Å². The Bertz CT molecular complexity index is 1130. The number of aromatic nitrogens is 2. The maximum absolute atomic E-state index is 14.3. The van der Waals surface area contributed by atoms with E-state index in [0.717, 1.165) is 48.7 Å². The number of carbonyl (C=O) groups is 1. The minimum Gasteiger partial charge on any atom is -0.393 e. The molecule has 1 aliphatic rings. The van der Waals surface area contributed by atoms with Gasteiger partial charge in [-0.05, 0) is 67.0 Å². The van der Waals surface area contributed by atoms with Crippen LogP contribution in [0.4, 0.5) is 18.9 Å². The number of amides is 1. The lowest BCUT2D eigenvalue weighted by Gasteiger charge is -2.32. The summed E-state index contributed by atoms with van der Waals surface area (Å²) in [6, 6.07) is 7.09. The molecule has 1 saturated carbocycles. The summed E-state index contributed by atoms with van der Waals surface area (Å²) in [7, 11) is 0. The van der Waals surface area contributed by atoms with E-state index in [4.69, 9.17) is 0 Å². The Hall–Kier alpha value is -3.26. The van der Waals surface area contributed by atoms with Gasteiger partial charge in [-0.2, -0.15) is 0 Å². The fourth-order valence-corrected chi connectivity index (χ4v) is 4.18. The van der Waals surface area contributed by atoms with Crippen molar-refractivity contribution in [3.63, 3.8) is 0 Å². The van der Waals surface area contributed by atoms with Gasteiger partial charge in [0.25, 0.3) is 5.91 Å². The smallest absolute Gasteiger partial charge is 0.274 e. The molecule has 1 aliphatic carbocycles. The molecule has 1 unspecified atom stereocenters.